The van der Waals surface area contributed by atoms with E-state index in [9.17, 15) is 13.2 Å². The number of fused-ring (bicyclic) bond motifs is 1. The summed E-state index contributed by atoms with van der Waals surface area (Å²) in [6.45, 7) is 2.20. The van der Waals surface area contributed by atoms with Crippen LogP contribution in [0.15, 0.2) is 59.8 Å². The molecule has 0 spiro atoms. The minimum Gasteiger partial charge on any atom is -0.338 e. The molecule has 0 saturated carbocycles. The maximum Gasteiger partial charge on any atom is 0.243 e. The van der Waals surface area contributed by atoms with E-state index in [0.717, 1.165) is 18.4 Å². The zero-order chi connectivity index (χ0) is 19.6. The Morgan fingerprint density at radius 3 is 2.54 bits per heavy atom. The molecule has 28 heavy (non-hydrogen) atoms. The van der Waals surface area contributed by atoms with Crippen molar-refractivity contribution in [3.05, 3.63) is 60.4 Å². The second kappa shape index (κ2) is 8.01. The Bertz CT molecular complexity index is 918. The molecular weight excluding hydrogens is 374 g/mol. The highest BCUT2D eigenvalue weighted by Gasteiger charge is 2.38. The molecule has 7 heteroatoms. The van der Waals surface area contributed by atoms with Crippen LogP contribution >= 0.6 is 0 Å². The van der Waals surface area contributed by atoms with Crippen molar-refractivity contribution in [3.63, 3.8) is 0 Å². The Morgan fingerprint density at radius 1 is 1.00 bits per heavy atom. The molecule has 2 unspecified atom stereocenters. The van der Waals surface area contributed by atoms with Crippen LogP contribution in [0.4, 0.5) is 0 Å². The van der Waals surface area contributed by atoms with Crippen molar-refractivity contribution < 1.29 is 13.2 Å². The number of carbonyl (C=O) groups excluding carboxylic acids is 1. The van der Waals surface area contributed by atoms with Gasteiger partial charge in [-0.1, -0.05) is 24.3 Å². The lowest BCUT2D eigenvalue weighted by atomic mass is 9.83. The number of aromatic nitrogens is 1. The fraction of sp³-hybridized carbons (Fsp3) is 0.429. The van der Waals surface area contributed by atoms with E-state index in [0.29, 0.717) is 37.5 Å². The summed E-state index contributed by atoms with van der Waals surface area (Å²) in [5.74, 6) is 0.638. The Morgan fingerprint density at radius 2 is 1.79 bits per heavy atom. The van der Waals surface area contributed by atoms with Gasteiger partial charge < -0.3 is 4.90 Å². The summed E-state index contributed by atoms with van der Waals surface area (Å²) in [5.41, 5.74) is 1.02. The highest BCUT2D eigenvalue weighted by atomic mass is 32.2. The number of nitrogens with zero attached hydrogens (tertiary/aromatic N) is 3. The van der Waals surface area contributed by atoms with Crippen LogP contribution in [0.2, 0.25) is 0 Å². The van der Waals surface area contributed by atoms with E-state index < -0.39 is 10.0 Å². The molecule has 0 aliphatic carbocycles. The lowest BCUT2D eigenvalue weighted by Gasteiger charge is -2.36. The predicted molar refractivity (Wildman–Crippen MR) is 106 cm³/mol. The molecule has 2 aliphatic heterocycles. The maximum absolute atomic E-state index is 13.0. The molecule has 0 N–H and O–H groups in total. The van der Waals surface area contributed by atoms with Crippen LogP contribution in [0.25, 0.3) is 0 Å². The third-order valence-electron chi connectivity index (χ3n) is 5.89. The average Bonchev–Trinajstić information content (AvgIpc) is 2.88. The molecule has 2 aliphatic rings. The first-order chi connectivity index (χ1) is 13.5. The molecule has 6 nitrogen and oxygen atoms in total. The first kappa shape index (κ1) is 19.1. The first-order valence-electron chi connectivity index (χ1n) is 9.76. The topological polar surface area (TPSA) is 70.6 Å². The molecule has 2 saturated heterocycles. The summed E-state index contributed by atoms with van der Waals surface area (Å²) in [7, 11) is -3.47. The van der Waals surface area contributed by atoms with Crippen LogP contribution in [0, 0.1) is 11.8 Å². The van der Waals surface area contributed by atoms with Gasteiger partial charge in [-0.2, -0.15) is 4.31 Å². The zero-order valence-corrected chi connectivity index (χ0v) is 16.6. The molecular formula is C21H25N3O3S. The minimum absolute atomic E-state index is 0.163. The van der Waals surface area contributed by atoms with Crippen LogP contribution in [0.5, 0.6) is 0 Å². The molecule has 2 atom stereocenters. The Hall–Kier alpha value is -2.25. The van der Waals surface area contributed by atoms with Crippen molar-refractivity contribution in [2.45, 2.75) is 30.7 Å². The molecule has 0 radical (unpaired) electrons. The monoisotopic (exact) mass is 399 g/mol. The number of rotatable bonds is 4. The van der Waals surface area contributed by atoms with Crippen molar-refractivity contribution >= 4 is 15.9 Å². The van der Waals surface area contributed by atoms with Crippen LogP contribution < -0.4 is 0 Å². The lowest BCUT2D eigenvalue weighted by Crippen LogP contribution is -2.43. The van der Waals surface area contributed by atoms with E-state index in [2.05, 4.69) is 4.98 Å². The Labute approximate surface area is 166 Å². The molecule has 1 amide bonds. The highest BCUT2D eigenvalue weighted by molar-refractivity contribution is 7.89. The smallest absolute Gasteiger partial charge is 0.243 e. The van der Waals surface area contributed by atoms with Crippen LogP contribution in [0.3, 0.4) is 0 Å². The molecule has 1 aromatic heterocycles. The van der Waals surface area contributed by atoms with Gasteiger partial charge in [-0.25, -0.2) is 8.42 Å². The van der Waals surface area contributed by atoms with Crippen LogP contribution in [0.1, 0.15) is 24.8 Å². The number of likely N-dealkylation sites (tertiary alicyclic amines) is 1. The van der Waals surface area contributed by atoms with E-state index in [1.807, 2.05) is 23.1 Å². The van der Waals surface area contributed by atoms with Crippen molar-refractivity contribution in [2.24, 2.45) is 11.8 Å². The summed E-state index contributed by atoms with van der Waals surface area (Å²) >= 11 is 0. The third-order valence-corrected chi connectivity index (χ3v) is 7.77. The number of carbonyl (C=O) groups is 1. The molecule has 148 valence electrons. The quantitative estimate of drug-likeness (QED) is 0.792. The SMILES string of the molecule is O=C1CC2CCN(S(=O)(=O)c3ccccc3)CC2CCN1Cc1cccnc1. The van der Waals surface area contributed by atoms with Gasteiger partial charge in [-0.3, -0.25) is 9.78 Å². The number of hydrogen-bond donors (Lipinski definition) is 0. The number of sulfonamides is 1. The van der Waals surface area contributed by atoms with Gasteiger partial charge in [0.2, 0.25) is 15.9 Å². The summed E-state index contributed by atoms with van der Waals surface area (Å²) < 4.78 is 27.5. The van der Waals surface area contributed by atoms with Crippen molar-refractivity contribution in [2.75, 3.05) is 19.6 Å². The van der Waals surface area contributed by atoms with Gasteiger partial charge in [0.25, 0.3) is 0 Å². The van der Waals surface area contributed by atoms with Gasteiger partial charge in [0.1, 0.15) is 0 Å². The van der Waals surface area contributed by atoms with Crippen molar-refractivity contribution in [3.8, 4) is 0 Å². The molecule has 2 aromatic rings. The zero-order valence-electron chi connectivity index (χ0n) is 15.8. The van der Waals surface area contributed by atoms with Gasteiger partial charge in [0, 0.05) is 45.0 Å². The molecule has 0 bridgehead atoms. The average molecular weight is 400 g/mol. The first-order valence-corrected chi connectivity index (χ1v) is 11.2. The predicted octanol–water partition coefficient (Wildman–Crippen LogP) is 2.53. The minimum atomic E-state index is -3.47. The molecule has 2 fully saturated rings. The van der Waals surface area contributed by atoms with Gasteiger partial charge in [-0.05, 0) is 48.4 Å². The lowest BCUT2D eigenvalue weighted by molar-refractivity contribution is -0.132. The Kier molecular flexibility index (Phi) is 5.46. The van der Waals surface area contributed by atoms with Gasteiger partial charge in [0.15, 0.2) is 0 Å². The summed E-state index contributed by atoms with van der Waals surface area (Å²) in [6.07, 6.45) is 5.59. The molecule has 4 rings (SSSR count). The largest absolute Gasteiger partial charge is 0.338 e. The van der Waals surface area contributed by atoms with E-state index in [-0.39, 0.29) is 17.7 Å². The van der Waals surface area contributed by atoms with Crippen LogP contribution in [-0.4, -0.2) is 48.1 Å². The van der Waals surface area contributed by atoms with E-state index in [4.69, 9.17) is 0 Å². The van der Waals surface area contributed by atoms with Crippen molar-refractivity contribution in [1.29, 1.82) is 0 Å². The summed E-state index contributed by atoms with van der Waals surface area (Å²) in [6, 6.07) is 12.5. The summed E-state index contributed by atoms with van der Waals surface area (Å²) in [4.78, 5) is 19.1. The van der Waals surface area contributed by atoms with Crippen molar-refractivity contribution in [1.82, 2.24) is 14.2 Å². The highest BCUT2D eigenvalue weighted by Crippen LogP contribution is 2.34. The maximum atomic E-state index is 13.0. The second-order valence-corrected chi connectivity index (χ2v) is 9.59. The van der Waals surface area contributed by atoms with Crippen LogP contribution in [-0.2, 0) is 21.4 Å². The normalized spacial score (nSPS) is 23.9. The van der Waals surface area contributed by atoms with E-state index >= 15 is 0 Å². The number of amides is 1. The van der Waals surface area contributed by atoms with Gasteiger partial charge >= 0.3 is 0 Å². The van der Waals surface area contributed by atoms with E-state index in [1.165, 1.54) is 0 Å². The Balaban J connectivity index is 1.46. The second-order valence-electron chi connectivity index (χ2n) is 7.65. The van der Waals surface area contributed by atoms with Gasteiger partial charge in [0.05, 0.1) is 4.90 Å². The number of benzene rings is 1. The molecule has 1 aromatic carbocycles. The number of hydrogen-bond acceptors (Lipinski definition) is 4. The number of pyridine rings is 1. The number of piperidine rings is 1. The summed E-state index contributed by atoms with van der Waals surface area (Å²) in [5, 5.41) is 0. The third kappa shape index (κ3) is 3.95. The fourth-order valence-electron chi connectivity index (χ4n) is 4.28. The van der Waals surface area contributed by atoms with E-state index in [1.54, 1.807) is 41.0 Å². The fourth-order valence-corrected chi connectivity index (χ4v) is 5.81. The van der Waals surface area contributed by atoms with Gasteiger partial charge in [-0.15, -0.1) is 0 Å². The molecule has 3 heterocycles. The standard InChI is InChI=1S/C21H25N3O3S/c25-21-13-18-9-12-24(28(26,27)20-6-2-1-3-7-20)16-19(18)8-11-23(21)15-17-5-4-10-22-14-17/h1-7,10,14,18-19H,8-9,11-13,15-16H2.